The van der Waals surface area contributed by atoms with Crippen LogP contribution in [-0.2, 0) is 150 Å². The van der Waals surface area contributed by atoms with Crippen molar-refractivity contribution in [2.75, 3.05) is 0 Å². The largest absolute Gasteiger partial charge is 2.00 e. The summed E-state index contributed by atoms with van der Waals surface area (Å²) in [6, 6.07) is 2.92. The smallest absolute Gasteiger partial charge is 0.0848 e. The molecule has 0 saturated heterocycles. The number of rotatable bonds is 0. The predicted molar refractivity (Wildman–Crippen MR) is 123 cm³/mol. The minimum absolute atomic E-state index is 0. The van der Waals surface area contributed by atoms with Crippen molar-refractivity contribution in [1.82, 2.24) is 0 Å². The molecule has 0 aromatic heterocycles. The van der Waals surface area contributed by atoms with Crippen molar-refractivity contribution in [3.8, 4) is 0 Å². The van der Waals surface area contributed by atoms with Crippen molar-refractivity contribution in [2.45, 2.75) is 75.5 Å². The Hall–Kier alpha value is 4.02. The van der Waals surface area contributed by atoms with Crippen molar-refractivity contribution in [1.29, 1.82) is 0 Å². The second-order valence-corrected chi connectivity index (χ2v) is 5.77. The topological polar surface area (TPSA) is 111 Å². The minimum Gasteiger partial charge on any atom is -2.00 e. The van der Waals surface area contributed by atoms with Crippen LogP contribution in [0.5, 0.6) is 0 Å². The Morgan fingerprint density at radius 3 is 0.462 bits per heavy atom. The van der Waals surface area contributed by atoms with Gasteiger partial charge in [-0.25, -0.2) is 0 Å². The van der Waals surface area contributed by atoms with E-state index in [1.165, 1.54) is 51.4 Å². The molecule has 2 rings (SSSR count). The van der Waals surface area contributed by atoms with Crippen molar-refractivity contribution >= 4 is 108 Å². The average molecular weight is 857 g/mol. The number of hydrogen-bond donors (Lipinski definition) is 4. The molecule has 12 N–H and O–H groups in total. The first kappa shape index (κ1) is 63.1. The van der Waals surface area contributed by atoms with Gasteiger partial charge in [0.1, 0.15) is 0 Å². The van der Waals surface area contributed by atoms with Gasteiger partial charge in [0.25, 0.3) is 0 Å². The van der Waals surface area contributed by atoms with E-state index in [0.29, 0.717) is 0 Å². The Morgan fingerprint density at radius 1 is 0.308 bits per heavy atom. The van der Waals surface area contributed by atoms with Gasteiger partial charge in [0.15, 0.2) is 0 Å². The fourth-order valence-electron chi connectivity index (χ4n) is 2.46. The molecule has 2 aliphatic rings. The van der Waals surface area contributed by atoms with E-state index in [-0.39, 0.29) is 150 Å². The monoisotopic (exact) mass is 856 g/mol. The van der Waals surface area contributed by atoms with Crippen LogP contribution in [-0.4, -0.2) is 24.2 Å². The molecule has 0 amide bonds. The van der Waals surface area contributed by atoms with E-state index in [4.69, 9.17) is 0 Å². The third-order valence-corrected chi connectivity index (χ3v) is 3.93. The van der Waals surface area contributed by atoms with Gasteiger partial charge in [-0.2, -0.15) is 0 Å². The maximum atomic E-state index is 4.00. The SMILES string of the molecule is [NH3+]C1CCC([NH3+])CC1.[NH3+]C1CCC([NH3+])CC1.[S-2].[S-2].[S-2].[S-2].[S-2].[S-2].[S-2].[S-2].[W].[W]. The van der Waals surface area contributed by atoms with Gasteiger partial charge in [-0.3, -0.25) is 0 Å². The van der Waals surface area contributed by atoms with Crippen LogP contribution in [0.15, 0.2) is 0 Å². The Kier molecular flexibility index (Phi) is 95.8. The molecule has 26 heavy (non-hydrogen) atoms. The maximum Gasteiger partial charge on any atom is 0.0848 e. The summed E-state index contributed by atoms with van der Waals surface area (Å²) in [5.74, 6) is 0. The molecule has 0 heterocycles. The zero-order valence-corrected chi connectivity index (χ0v) is 27.3. The molecule has 0 atom stereocenters. The minimum atomic E-state index is 0. The second kappa shape index (κ2) is 39.5. The second-order valence-electron chi connectivity index (χ2n) is 5.77. The van der Waals surface area contributed by atoms with E-state index in [2.05, 4.69) is 22.9 Å². The van der Waals surface area contributed by atoms with E-state index in [0.717, 1.165) is 24.2 Å². The third kappa shape index (κ3) is 35.5. The van der Waals surface area contributed by atoms with Gasteiger partial charge >= 0.3 is 0 Å². The summed E-state index contributed by atoms with van der Waals surface area (Å²) in [4.78, 5) is 0. The fraction of sp³-hybridized carbons (Fsp3) is 1.00. The van der Waals surface area contributed by atoms with E-state index in [1.54, 1.807) is 0 Å². The summed E-state index contributed by atoms with van der Waals surface area (Å²) >= 11 is 0. The maximum absolute atomic E-state index is 4.00. The zero-order valence-electron chi connectivity index (χ0n) is 14.9. The first-order valence-electron chi connectivity index (χ1n) is 6.90. The van der Waals surface area contributed by atoms with Crippen LogP contribution in [0.4, 0.5) is 0 Å². The van der Waals surface area contributed by atoms with E-state index >= 15 is 0 Å². The van der Waals surface area contributed by atoms with Gasteiger partial charge in [-0.05, 0) is 0 Å². The normalized spacial score (nSPS) is 24.5. The van der Waals surface area contributed by atoms with Crippen LogP contribution < -0.4 is 22.9 Å². The van der Waals surface area contributed by atoms with Crippen LogP contribution >= 0.6 is 0 Å². The van der Waals surface area contributed by atoms with Crippen LogP contribution in [0.25, 0.3) is 0 Å². The molecule has 4 nitrogen and oxygen atoms in total. The summed E-state index contributed by atoms with van der Waals surface area (Å²) in [5.41, 5.74) is 16.0. The Labute approximate surface area is 245 Å². The van der Waals surface area contributed by atoms with E-state index < -0.39 is 0 Å². The standard InChI is InChI=1S/2C6H14N2.8S.2W/c2*7-5-1-2-6(8)4-3-5;;;;;;;;;;/h2*5-6H,1-4,7-8H2;;;;;;;;;;/q;;8*-2;;/p+4. The molecule has 0 spiro atoms. The first-order chi connectivity index (χ1) is 7.58. The zero-order chi connectivity index (χ0) is 12.0. The van der Waals surface area contributed by atoms with Crippen molar-refractivity contribution in [2.24, 2.45) is 0 Å². The molecule has 14 heteroatoms. The molecule has 0 unspecified atom stereocenters. The average Bonchev–Trinajstić information content (AvgIpc) is 2.28. The summed E-state index contributed by atoms with van der Waals surface area (Å²) < 4.78 is 0. The molecule has 0 aromatic carbocycles. The Balaban J connectivity index is -0.0000000178. The Morgan fingerprint density at radius 2 is 0.385 bits per heavy atom. The summed E-state index contributed by atoms with van der Waals surface area (Å²) in [6.45, 7) is 0. The quantitative estimate of drug-likeness (QED) is 0.208. The van der Waals surface area contributed by atoms with E-state index in [1.807, 2.05) is 0 Å². The Bertz CT molecular complexity index is 162. The summed E-state index contributed by atoms with van der Waals surface area (Å²) in [7, 11) is 0. The molecule has 172 valence electrons. The molecule has 0 aromatic rings. The van der Waals surface area contributed by atoms with Crippen LogP contribution in [0, 0.1) is 0 Å². The molecule has 0 bridgehead atoms. The fourth-order valence-corrected chi connectivity index (χ4v) is 2.46. The van der Waals surface area contributed by atoms with Gasteiger partial charge in [-0.15, -0.1) is 0 Å². The van der Waals surface area contributed by atoms with Crippen LogP contribution in [0.1, 0.15) is 51.4 Å². The van der Waals surface area contributed by atoms with Gasteiger partial charge in [-0.1, -0.05) is 0 Å². The van der Waals surface area contributed by atoms with Gasteiger partial charge in [0.05, 0.1) is 24.2 Å². The molecule has 2 saturated carbocycles. The van der Waals surface area contributed by atoms with Gasteiger partial charge in [0.2, 0.25) is 0 Å². The summed E-state index contributed by atoms with van der Waals surface area (Å²) in [6.07, 6.45) is 10.4. The predicted octanol–water partition coefficient (Wildman–Crippen LogP) is -2.46. The molecule has 2 fully saturated rings. The van der Waals surface area contributed by atoms with E-state index in [9.17, 15) is 0 Å². The molecular weight excluding hydrogens is 824 g/mol. The molecular formula is C12H32N4S8W2-12. The number of hydrogen-bond acceptors (Lipinski definition) is 0. The van der Waals surface area contributed by atoms with Crippen LogP contribution in [0.2, 0.25) is 0 Å². The third-order valence-electron chi connectivity index (χ3n) is 3.93. The van der Waals surface area contributed by atoms with Gasteiger partial charge in [0, 0.05) is 93.5 Å². The first-order valence-corrected chi connectivity index (χ1v) is 6.90. The van der Waals surface area contributed by atoms with Crippen molar-refractivity contribution in [3.63, 3.8) is 0 Å². The van der Waals surface area contributed by atoms with Crippen molar-refractivity contribution in [3.05, 3.63) is 0 Å². The van der Waals surface area contributed by atoms with Crippen LogP contribution in [0.3, 0.4) is 0 Å². The number of quaternary nitrogens is 4. The molecule has 0 radical (unpaired) electrons. The van der Waals surface area contributed by atoms with Gasteiger partial charge < -0.3 is 131 Å². The summed E-state index contributed by atoms with van der Waals surface area (Å²) in [5, 5.41) is 0. The molecule has 2 aliphatic carbocycles. The van der Waals surface area contributed by atoms with Crippen molar-refractivity contribution < 1.29 is 65.1 Å². The molecule has 0 aliphatic heterocycles.